The summed E-state index contributed by atoms with van der Waals surface area (Å²) in [6.07, 6.45) is -0.187. The zero-order valence-corrected chi connectivity index (χ0v) is 32.7. The van der Waals surface area contributed by atoms with Crippen molar-refractivity contribution >= 4 is 33.3 Å². The van der Waals surface area contributed by atoms with Crippen molar-refractivity contribution in [2.24, 2.45) is 5.92 Å². The summed E-state index contributed by atoms with van der Waals surface area (Å²) in [7, 11) is -0.944. The molecule has 0 aliphatic carbocycles. The molecule has 3 atom stereocenters. The van der Waals surface area contributed by atoms with Gasteiger partial charge >= 0.3 is 6.03 Å². The van der Waals surface area contributed by atoms with Crippen LogP contribution in [0.3, 0.4) is 0 Å². The minimum atomic E-state index is -3.98. The molecule has 16 heteroatoms. The van der Waals surface area contributed by atoms with Gasteiger partial charge in [-0.1, -0.05) is 24.2 Å². The third-order valence-electron chi connectivity index (χ3n) is 9.28. The van der Waals surface area contributed by atoms with Crippen molar-refractivity contribution in [3.63, 3.8) is 0 Å². The fourth-order valence-corrected chi connectivity index (χ4v) is 7.24. The second-order valence-corrected chi connectivity index (χ2v) is 15.5. The number of urea groups is 1. The largest absolute Gasteiger partial charge is 0.497 e. The molecule has 0 saturated heterocycles. The average Bonchev–Trinajstić information content (AvgIpc) is 3.48. The van der Waals surface area contributed by atoms with Crippen LogP contribution < -0.4 is 20.1 Å². The summed E-state index contributed by atoms with van der Waals surface area (Å²) in [5.41, 5.74) is 2.45. The lowest BCUT2D eigenvalue weighted by atomic mass is 10.0. The van der Waals surface area contributed by atoms with Gasteiger partial charge in [-0.3, -0.25) is 4.79 Å². The summed E-state index contributed by atoms with van der Waals surface area (Å²) in [6, 6.07) is 15.9. The number of anilines is 2. The predicted octanol–water partition coefficient (Wildman–Crippen LogP) is 6.26. The SMILES string of the molecule is COc1ccc(COC[C@H](C)N2C[C@@H](C)[C@H](CN(C)S(=O)(=O)c3ccc(F)cc3)OCCCOc3ccc(NC(=O)Nc4c(C)noc4C)cc3C2=O)cc1. The number of amides is 3. The molecule has 0 fully saturated rings. The number of aryl methyl sites for hydroxylation is 2. The smallest absolute Gasteiger partial charge is 0.323 e. The Bertz CT molecular complexity index is 2010. The number of carbonyl (C=O) groups is 2. The number of benzene rings is 3. The molecule has 0 bridgehead atoms. The van der Waals surface area contributed by atoms with Gasteiger partial charge in [-0.25, -0.2) is 17.6 Å². The molecular weight excluding hydrogens is 734 g/mol. The zero-order chi connectivity index (χ0) is 39.7. The highest BCUT2D eigenvalue weighted by molar-refractivity contribution is 7.89. The molecule has 55 heavy (non-hydrogen) atoms. The van der Waals surface area contributed by atoms with Crippen LogP contribution in [0.4, 0.5) is 20.6 Å². The molecule has 1 aromatic heterocycles. The van der Waals surface area contributed by atoms with E-state index in [0.717, 1.165) is 23.4 Å². The van der Waals surface area contributed by atoms with Gasteiger partial charge in [0.25, 0.3) is 5.91 Å². The van der Waals surface area contributed by atoms with Crippen LogP contribution in [0.2, 0.25) is 0 Å². The van der Waals surface area contributed by atoms with Gasteiger partial charge in [0.2, 0.25) is 10.0 Å². The Balaban J connectivity index is 1.40. The number of ether oxygens (including phenoxy) is 4. The van der Waals surface area contributed by atoms with E-state index in [9.17, 15) is 22.4 Å². The highest BCUT2D eigenvalue weighted by atomic mass is 32.2. The van der Waals surface area contributed by atoms with Crippen LogP contribution in [0.1, 0.15) is 47.6 Å². The van der Waals surface area contributed by atoms with Gasteiger partial charge in [0.05, 0.1) is 56.1 Å². The molecule has 296 valence electrons. The fraction of sp³-hybridized carbons (Fsp3) is 0.410. The fourth-order valence-electron chi connectivity index (χ4n) is 6.05. The summed E-state index contributed by atoms with van der Waals surface area (Å²) in [6.45, 7) is 8.19. The third-order valence-corrected chi connectivity index (χ3v) is 11.1. The number of likely N-dealkylation sites (N-methyl/N-ethyl adjacent to an activating group) is 1. The Morgan fingerprint density at radius 1 is 1.07 bits per heavy atom. The summed E-state index contributed by atoms with van der Waals surface area (Å²) >= 11 is 0. The van der Waals surface area contributed by atoms with Crippen molar-refractivity contribution in [2.45, 2.75) is 57.8 Å². The highest BCUT2D eigenvalue weighted by Crippen LogP contribution is 2.29. The maximum Gasteiger partial charge on any atom is 0.323 e. The standard InChI is InChI=1S/C39H48FN5O9S/c1-25-21-45(26(2)23-51-24-29-8-13-32(50-6)14-9-29)38(46)34-20-31(41-39(47)42-37-27(3)43-54-28(37)4)12-17-35(34)52-18-7-19-53-36(25)22-44(5)55(48,49)33-15-10-30(40)11-16-33/h8-17,20,25-26,36H,7,18-19,21-24H2,1-6H3,(H2,41,42,47)/t25-,26+,36+/m1/s1. The van der Waals surface area contributed by atoms with Crippen molar-refractivity contribution in [1.29, 1.82) is 0 Å². The van der Waals surface area contributed by atoms with E-state index >= 15 is 0 Å². The van der Waals surface area contributed by atoms with Crippen LogP contribution in [0.5, 0.6) is 11.5 Å². The Kier molecular flexibility index (Phi) is 13.9. The van der Waals surface area contributed by atoms with Gasteiger partial charge < -0.3 is 39.0 Å². The van der Waals surface area contributed by atoms with Crippen molar-refractivity contribution in [2.75, 3.05) is 57.7 Å². The third kappa shape index (κ3) is 10.6. The minimum Gasteiger partial charge on any atom is -0.497 e. The van der Waals surface area contributed by atoms with E-state index in [1.807, 2.05) is 38.1 Å². The summed E-state index contributed by atoms with van der Waals surface area (Å²) in [5, 5.41) is 9.39. The molecule has 0 unspecified atom stereocenters. The van der Waals surface area contributed by atoms with Gasteiger partial charge in [0.1, 0.15) is 28.7 Å². The van der Waals surface area contributed by atoms with Crippen molar-refractivity contribution in [3.8, 4) is 11.5 Å². The molecule has 2 heterocycles. The van der Waals surface area contributed by atoms with Crippen LogP contribution in [0.25, 0.3) is 0 Å². The molecule has 1 aliphatic heterocycles. The molecule has 5 rings (SSSR count). The number of rotatable bonds is 12. The first-order valence-electron chi connectivity index (χ1n) is 17.9. The molecule has 2 N–H and O–H groups in total. The molecule has 1 aliphatic rings. The van der Waals surface area contributed by atoms with Crippen LogP contribution >= 0.6 is 0 Å². The number of carbonyl (C=O) groups excluding carboxylic acids is 2. The maximum atomic E-state index is 14.7. The number of hydrogen-bond donors (Lipinski definition) is 2. The first-order valence-corrected chi connectivity index (χ1v) is 19.3. The van der Waals surface area contributed by atoms with E-state index in [0.29, 0.717) is 35.0 Å². The number of halogens is 1. The van der Waals surface area contributed by atoms with Crippen molar-refractivity contribution in [1.82, 2.24) is 14.4 Å². The first-order chi connectivity index (χ1) is 26.3. The lowest BCUT2D eigenvalue weighted by Crippen LogP contribution is -2.48. The van der Waals surface area contributed by atoms with Gasteiger partial charge in [-0.15, -0.1) is 0 Å². The molecule has 3 amide bonds. The van der Waals surface area contributed by atoms with Gasteiger partial charge in [0.15, 0.2) is 5.76 Å². The molecule has 3 aromatic carbocycles. The number of hydrogen-bond acceptors (Lipinski definition) is 10. The number of nitrogens with one attached hydrogen (secondary N) is 2. The van der Waals surface area contributed by atoms with E-state index in [2.05, 4.69) is 15.8 Å². The zero-order valence-electron chi connectivity index (χ0n) is 31.8. The van der Waals surface area contributed by atoms with Crippen LogP contribution in [-0.4, -0.2) is 93.9 Å². The monoisotopic (exact) mass is 781 g/mol. The topological polar surface area (TPSA) is 162 Å². The quantitative estimate of drug-likeness (QED) is 0.168. The number of fused-ring (bicyclic) bond motifs is 1. The van der Waals surface area contributed by atoms with E-state index in [1.165, 1.54) is 23.5 Å². The predicted molar refractivity (Wildman–Crippen MR) is 203 cm³/mol. The van der Waals surface area contributed by atoms with Gasteiger partial charge in [0, 0.05) is 38.2 Å². The van der Waals surface area contributed by atoms with Gasteiger partial charge in [-0.2, -0.15) is 4.31 Å². The maximum absolute atomic E-state index is 14.7. The highest BCUT2D eigenvalue weighted by Gasteiger charge is 2.33. The lowest BCUT2D eigenvalue weighted by Gasteiger charge is -2.36. The van der Waals surface area contributed by atoms with E-state index < -0.39 is 34.0 Å². The molecular formula is C39H48FN5O9S. The van der Waals surface area contributed by atoms with Gasteiger partial charge in [-0.05, 0) is 80.9 Å². The summed E-state index contributed by atoms with van der Waals surface area (Å²) < 4.78 is 70.6. The van der Waals surface area contributed by atoms with E-state index in [-0.39, 0.29) is 61.8 Å². The Labute approximate surface area is 320 Å². The lowest BCUT2D eigenvalue weighted by molar-refractivity contribution is -0.0142. The normalized spacial score (nSPS) is 17.4. The summed E-state index contributed by atoms with van der Waals surface area (Å²) in [4.78, 5) is 29.3. The number of nitrogens with zero attached hydrogens (tertiary/aromatic N) is 3. The summed E-state index contributed by atoms with van der Waals surface area (Å²) in [5.74, 6) is 0.196. The molecule has 0 radical (unpaired) electrons. The van der Waals surface area contributed by atoms with Crippen LogP contribution in [0, 0.1) is 25.6 Å². The van der Waals surface area contributed by atoms with Crippen molar-refractivity contribution < 1.29 is 45.9 Å². The van der Waals surface area contributed by atoms with E-state index in [1.54, 1.807) is 44.1 Å². The second kappa shape index (κ2) is 18.5. The minimum absolute atomic E-state index is 0.0307. The number of sulfonamides is 1. The molecule has 0 saturated carbocycles. The van der Waals surface area contributed by atoms with Crippen molar-refractivity contribution in [3.05, 3.63) is 95.1 Å². The van der Waals surface area contributed by atoms with Crippen LogP contribution in [-0.2, 0) is 26.1 Å². The second-order valence-electron chi connectivity index (χ2n) is 13.5. The number of methoxy groups -OCH3 is 1. The Morgan fingerprint density at radius 2 is 1.80 bits per heavy atom. The first kappa shape index (κ1) is 41.1. The van der Waals surface area contributed by atoms with Crippen LogP contribution in [0.15, 0.2) is 76.1 Å². The Hall–Kier alpha value is -5.03. The van der Waals surface area contributed by atoms with E-state index in [4.69, 9.17) is 23.5 Å². The molecule has 0 spiro atoms. The molecule has 14 nitrogen and oxygen atoms in total. The molecule has 4 aromatic rings. The number of aromatic nitrogens is 1. The average molecular weight is 782 g/mol. The Morgan fingerprint density at radius 3 is 2.47 bits per heavy atom.